The van der Waals surface area contributed by atoms with Gasteiger partial charge >= 0.3 is 0 Å². The van der Waals surface area contributed by atoms with E-state index < -0.39 is 15.7 Å². The minimum absolute atomic E-state index is 0.0250. The van der Waals surface area contributed by atoms with Crippen LogP contribution in [0, 0.1) is 6.92 Å². The first-order valence-electron chi connectivity index (χ1n) is 9.28. The topological polar surface area (TPSA) is 86.8 Å². The number of nitrogens with zero attached hydrogens (tertiary/aromatic N) is 2. The Kier molecular flexibility index (Phi) is 6.86. The summed E-state index contributed by atoms with van der Waals surface area (Å²) in [5, 5.41) is 2.78. The van der Waals surface area contributed by atoms with E-state index in [1.165, 1.54) is 4.90 Å². The maximum atomic E-state index is 12.3. The van der Waals surface area contributed by atoms with Gasteiger partial charge in [-0.1, -0.05) is 0 Å². The first kappa shape index (κ1) is 21.2. The third-order valence-corrected chi connectivity index (χ3v) is 6.82. The summed E-state index contributed by atoms with van der Waals surface area (Å²) in [4.78, 5) is 28.2. The number of nitrogens with one attached hydrogen (secondary N) is 1. The Labute approximate surface area is 161 Å². The molecule has 1 heterocycles. The lowest BCUT2D eigenvalue weighted by Crippen LogP contribution is -2.39. The first-order chi connectivity index (χ1) is 12.7. The number of rotatable bonds is 7. The number of hydrogen-bond donors (Lipinski definition) is 1. The number of hydrogen-bond acceptors (Lipinski definition) is 5. The molecule has 1 aromatic carbocycles. The summed E-state index contributed by atoms with van der Waals surface area (Å²) in [5.41, 5.74) is 2.69. The van der Waals surface area contributed by atoms with Gasteiger partial charge in [0.15, 0.2) is 9.84 Å². The van der Waals surface area contributed by atoms with Gasteiger partial charge in [-0.25, -0.2) is 8.42 Å². The minimum Gasteiger partial charge on any atom is -0.372 e. The predicted octanol–water partition coefficient (Wildman–Crippen LogP) is 1.82. The van der Waals surface area contributed by atoms with Crippen molar-refractivity contribution in [2.75, 3.05) is 41.9 Å². The van der Waals surface area contributed by atoms with E-state index in [0.29, 0.717) is 12.1 Å². The van der Waals surface area contributed by atoms with Gasteiger partial charge in [-0.3, -0.25) is 9.59 Å². The van der Waals surface area contributed by atoms with Crippen molar-refractivity contribution >= 4 is 33.0 Å². The third-order valence-electron chi connectivity index (χ3n) is 5.07. The van der Waals surface area contributed by atoms with Crippen LogP contribution in [0.3, 0.4) is 0 Å². The van der Waals surface area contributed by atoms with Crippen LogP contribution < -0.4 is 10.2 Å². The average molecular weight is 396 g/mol. The zero-order valence-electron chi connectivity index (χ0n) is 16.5. The van der Waals surface area contributed by atoms with Crippen LogP contribution in [-0.2, 0) is 19.4 Å². The van der Waals surface area contributed by atoms with Gasteiger partial charge in [-0.15, -0.1) is 0 Å². The van der Waals surface area contributed by atoms with Crippen LogP contribution >= 0.6 is 0 Å². The van der Waals surface area contributed by atoms with Crippen LogP contribution in [0.1, 0.15) is 32.3 Å². The molecule has 150 valence electrons. The monoisotopic (exact) mass is 395 g/mol. The Balaban J connectivity index is 1.96. The van der Waals surface area contributed by atoms with Gasteiger partial charge in [-0.05, 0) is 51.0 Å². The number of sulfone groups is 1. The summed E-state index contributed by atoms with van der Waals surface area (Å²) in [6, 6.07) is 5.47. The molecule has 0 spiro atoms. The van der Waals surface area contributed by atoms with E-state index in [1.54, 1.807) is 7.05 Å². The third kappa shape index (κ3) is 5.45. The van der Waals surface area contributed by atoms with Crippen molar-refractivity contribution in [2.45, 2.75) is 39.7 Å². The highest BCUT2D eigenvalue weighted by molar-refractivity contribution is 7.91. The SMILES string of the molecule is CCN(CC)c1ccc(NC(=O)CC(=O)N(C)C2CCS(=O)(=O)C2)c(C)c1. The molecule has 7 nitrogen and oxygen atoms in total. The van der Waals surface area contributed by atoms with Gasteiger partial charge in [0.1, 0.15) is 6.42 Å². The van der Waals surface area contributed by atoms with E-state index in [-0.39, 0.29) is 29.9 Å². The van der Waals surface area contributed by atoms with Crippen LogP contribution in [-0.4, -0.2) is 62.8 Å². The number of amides is 2. The van der Waals surface area contributed by atoms with Gasteiger partial charge in [0.2, 0.25) is 11.8 Å². The van der Waals surface area contributed by atoms with Crippen molar-refractivity contribution in [3.8, 4) is 0 Å². The zero-order chi connectivity index (χ0) is 20.2. The van der Waals surface area contributed by atoms with Gasteiger partial charge in [0, 0.05) is 37.6 Å². The molecule has 0 aliphatic carbocycles. The molecule has 1 aliphatic heterocycles. The summed E-state index contributed by atoms with van der Waals surface area (Å²) >= 11 is 0. The largest absolute Gasteiger partial charge is 0.372 e. The molecule has 0 bridgehead atoms. The Morgan fingerprint density at radius 1 is 1.22 bits per heavy atom. The molecule has 0 radical (unpaired) electrons. The fourth-order valence-electron chi connectivity index (χ4n) is 3.31. The molecular weight excluding hydrogens is 366 g/mol. The molecule has 1 saturated heterocycles. The number of carbonyl (C=O) groups excluding carboxylic acids is 2. The highest BCUT2D eigenvalue weighted by atomic mass is 32.2. The molecule has 0 aromatic heterocycles. The van der Waals surface area contributed by atoms with Crippen molar-refractivity contribution in [3.63, 3.8) is 0 Å². The Morgan fingerprint density at radius 2 is 1.89 bits per heavy atom. The highest BCUT2D eigenvalue weighted by Gasteiger charge is 2.33. The molecule has 1 N–H and O–H groups in total. The molecule has 1 fully saturated rings. The fourth-order valence-corrected chi connectivity index (χ4v) is 5.09. The highest BCUT2D eigenvalue weighted by Crippen LogP contribution is 2.23. The number of anilines is 2. The smallest absolute Gasteiger partial charge is 0.233 e. The Morgan fingerprint density at radius 3 is 2.41 bits per heavy atom. The standard InChI is InChI=1S/C19H29N3O4S/c1-5-22(6-2)15-7-8-17(14(3)11-15)20-18(23)12-19(24)21(4)16-9-10-27(25,26)13-16/h7-8,11,16H,5-6,9-10,12-13H2,1-4H3,(H,20,23). The molecule has 27 heavy (non-hydrogen) atoms. The van der Waals surface area contributed by atoms with E-state index in [4.69, 9.17) is 0 Å². The summed E-state index contributed by atoms with van der Waals surface area (Å²) < 4.78 is 23.1. The number of aryl methyl sites for hydroxylation is 1. The van der Waals surface area contributed by atoms with Crippen LogP contribution in [0.25, 0.3) is 0 Å². The zero-order valence-corrected chi connectivity index (χ0v) is 17.3. The molecule has 0 saturated carbocycles. The predicted molar refractivity (Wildman–Crippen MR) is 108 cm³/mol. The fraction of sp³-hybridized carbons (Fsp3) is 0.579. The molecule has 1 aromatic rings. The van der Waals surface area contributed by atoms with E-state index in [1.807, 2.05) is 25.1 Å². The van der Waals surface area contributed by atoms with Crippen molar-refractivity contribution in [2.24, 2.45) is 0 Å². The molecular formula is C19H29N3O4S. The van der Waals surface area contributed by atoms with Crippen LogP contribution in [0.15, 0.2) is 18.2 Å². The lowest BCUT2D eigenvalue weighted by molar-refractivity contribution is -0.134. The van der Waals surface area contributed by atoms with Crippen LogP contribution in [0.4, 0.5) is 11.4 Å². The van der Waals surface area contributed by atoms with Gasteiger partial charge < -0.3 is 15.1 Å². The lowest BCUT2D eigenvalue weighted by atomic mass is 10.1. The summed E-state index contributed by atoms with van der Waals surface area (Å²) in [5.74, 6) is -0.694. The van der Waals surface area contributed by atoms with Crippen molar-refractivity contribution in [1.82, 2.24) is 4.90 Å². The normalized spacial score (nSPS) is 18.1. The first-order valence-corrected chi connectivity index (χ1v) is 11.1. The second-order valence-corrected chi connectivity index (χ2v) is 9.19. The molecule has 2 rings (SSSR count). The molecule has 8 heteroatoms. The van der Waals surface area contributed by atoms with E-state index in [9.17, 15) is 18.0 Å². The van der Waals surface area contributed by atoms with Gasteiger partial charge in [0.25, 0.3) is 0 Å². The molecule has 2 amide bonds. The molecule has 1 aliphatic rings. The lowest BCUT2D eigenvalue weighted by Gasteiger charge is -2.23. The average Bonchev–Trinajstić information content (AvgIpc) is 2.97. The number of carbonyl (C=O) groups is 2. The maximum absolute atomic E-state index is 12.3. The van der Waals surface area contributed by atoms with Crippen molar-refractivity contribution in [3.05, 3.63) is 23.8 Å². The van der Waals surface area contributed by atoms with Crippen LogP contribution in [0.5, 0.6) is 0 Å². The Hall–Kier alpha value is -2.09. The Bertz CT molecular complexity index is 803. The summed E-state index contributed by atoms with van der Waals surface area (Å²) in [7, 11) is -1.51. The van der Waals surface area contributed by atoms with Gasteiger partial charge in [0.05, 0.1) is 11.5 Å². The van der Waals surface area contributed by atoms with Crippen LogP contribution in [0.2, 0.25) is 0 Å². The van der Waals surface area contributed by atoms with Gasteiger partial charge in [-0.2, -0.15) is 0 Å². The second kappa shape index (κ2) is 8.73. The molecule has 1 atom stereocenters. The maximum Gasteiger partial charge on any atom is 0.233 e. The molecule has 1 unspecified atom stereocenters. The van der Waals surface area contributed by atoms with E-state index in [0.717, 1.165) is 24.3 Å². The summed E-state index contributed by atoms with van der Waals surface area (Å²) in [6.07, 6.45) is 0.127. The van der Waals surface area contributed by atoms with Crippen molar-refractivity contribution < 1.29 is 18.0 Å². The minimum atomic E-state index is -3.07. The van der Waals surface area contributed by atoms with E-state index >= 15 is 0 Å². The second-order valence-electron chi connectivity index (χ2n) is 6.96. The van der Waals surface area contributed by atoms with Crippen molar-refractivity contribution in [1.29, 1.82) is 0 Å². The number of benzene rings is 1. The van der Waals surface area contributed by atoms with E-state index in [2.05, 4.69) is 24.1 Å². The quantitative estimate of drug-likeness (QED) is 0.712. The summed E-state index contributed by atoms with van der Waals surface area (Å²) in [6.45, 7) is 7.90.